The highest BCUT2D eigenvalue weighted by atomic mass is 16.5. The molecule has 7 heteroatoms. The fraction of sp³-hybridized carbons (Fsp3) is 0.409. The summed E-state index contributed by atoms with van der Waals surface area (Å²) < 4.78 is 6.92. The van der Waals surface area contributed by atoms with E-state index in [4.69, 9.17) is 4.74 Å². The predicted octanol–water partition coefficient (Wildman–Crippen LogP) is 1.74. The number of amides is 2. The van der Waals surface area contributed by atoms with Crippen LogP contribution in [0.15, 0.2) is 47.4 Å². The molecule has 1 saturated heterocycles. The molecule has 0 atom stereocenters. The lowest BCUT2D eigenvalue weighted by Gasteiger charge is -2.32. The number of carbonyl (C=O) groups excluding carboxylic acids is 2. The molecular formula is C22H27N3O4. The summed E-state index contributed by atoms with van der Waals surface area (Å²) in [6.45, 7) is 3.68. The summed E-state index contributed by atoms with van der Waals surface area (Å²) in [5, 5.41) is 2.91. The standard InChI is InChI=1S/C22H27N3O4/c1-16-5-3-6-18(13-16)29-15-20(26)23-14-17-8-11-25(12-9-17)22(28)19-7-4-10-24(2)21(19)27/h3-7,10,13,17H,8-9,11-12,14-15H2,1-2H3,(H,23,26). The Morgan fingerprint density at radius 3 is 2.66 bits per heavy atom. The molecule has 154 valence electrons. The average molecular weight is 397 g/mol. The number of likely N-dealkylation sites (tertiary alicyclic amines) is 1. The molecule has 1 aromatic heterocycles. The zero-order chi connectivity index (χ0) is 20.8. The molecule has 1 aliphatic rings. The van der Waals surface area contributed by atoms with Crippen LogP contribution in [0.3, 0.4) is 0 Å². The lowest BCUT2D eigenvalue weighted by molar-refractivity contribution is -0.123. The molecule has 2 heterocycles. The Morgan fingerprint density at radius 1 is 1.17 bits per heavy atom. The molecule has 1 N–H and O–H groups in total. The fourth-order valence-electron chi connectivity index (χ4n) is 3.43. The molecule has 7 nitrogen and oxygen atoms in total. The first-order valence-corrected chi connectivity index (χ1v) is 9.85. The van der Waals surface area contributed by atoms with Gasteiger partial charge in [-0.1, -0.05) is 12.1 Å². The average Bonchev–Trinajstić information content (AvgIpc) is 2.73. The molecule has 0 spiro atoms. The van der Waals surface area contributed by atoms with Crippen LogP contribution in [0.1, 0.15) is 28.8 Å². The first-order chi connectivity index (χ1) is 13.9. The smallest absolute Gasteiger partial charge is 0.263 e. The van der Waals surface area contributed by atoms with Crippen molar-refractivity contribution in [2.24, 2.45) is 13.0 Å². The van der Waals surface area contributed by atoms with Gasteiger partial charge in [-0.15, -0.1) is 0 Å². The van der Waals surface area contributed by atoms with Gasteiger partial charge in [0, 0.05) is 32.9 Å². The molecule has 2 amide bonds. The van der Waals surface area contributed by atoms with Gasteiger partial charge in [0.15, 0.2) is 6.61 Å². The van der Waals surface area contributed by atoms with Crippen LogP contribution in [0.2, 0.25) is 0 Å². The van der Waals surface area contributed by atoms with Crippen LogP contribution in [-0.2, 0) is 11.8 Å². The number of carbonyl (C=O) groups is 2. The summed E-state index contributed by atoms with van der Waals surface area (Å²) in [5.41, 5.74) is 1.01. The number of ether oxygens (including phenoxy) is 1. The topological polar surface area (TPSA) is 80.6 Å². The van der Waals surface area contributed by atoms with E-state index in [2.05, 4.69) is 5.32 Å². The highest BCUT2D eigenvalue weighted by molar-refractivity contribution is 5.93. The van der Waals surface area contributed by atoms with Crippen LogP contribution in [0.25, 0.3) is 0 Å². The zero-order valence-corrected chi connectivity index (χ0v) is 16.9. The van der Waals surface area contributed by atoms with Crippen molar-refractivity contribution in [3.63, 3.8) is 0 Å². The predicted molar refractivity (Wildman–Crippen MR) is 110 cm³/mol. The minimum absolute atomic E-state index is 0.0158. The number of piperidine rings is 1. The second kappa shape index (κ2) is 9.41. The van der Waals surface area contributed by atoms with E-state index < -0.39 is 0 Å². The van der Waals surface area contributed by atoms with E-state index in [0.717, 1.165) is 18.4 Å². The number of pyridine rings is 1. The second-order valence-electron chi connectivity index (χ2n) is 7.48. The zero-order valence-electron chi connectivity index (χ0n) is 16.9. The van der Waals surface area contributed by atoms with E-state index in [0.29, 0.717) is 31.3 Å². The number of nitrogens with one attached hydrogen (secondary N) is 1. The number of nitrogens with zero attached hydrogens (tertiary/aromatic N) is 2. The highest BCUT2D eigenvalue weighted by Crippen LogP contribution is 2.18. The third-order valence-corrected chi connectivity index (χ3v) is 5.20. The maximum absolute atomic E-state index is 12.6. The van der Waals surface area contributed by atoms with Crippen LogP contribution < -0.4 is 15.6 Å². The SMILES string of the molecule is Cc1cccc(OCC(=O)NCC2CCN(C(=O)c3cccn(C)c3=O)CC2)c1. The van der Waals surface area contributed by atoms with Crippen molar-refractivity contribution < 1.29 is 14.3 Å². The molecule has 2 aromatic rings. The van der Waals surface area contributed by atoms with Gasteiger partial charge >= 0.3 is 0 Å². The Labute approximate surface area is 170 Å². The van der Waals surface area contributed by atoms with Crippen LogP contribution in [0.5, 0.6) is 5.75 Å². The number of rotatable bonds is 6. The van der Waals surface area contributed by atoms with E-state index >= 15 is 0 Å². The van der Waals surface area contributed by atoms with Crippen molar-refractivity contribution in [2.45, 2.75) is 19.8 Å². The van der Waals surface area contributed by atoms with Crippen molar-refractivity contribution in [3.8, 4) is 5.75 Å². The van der Waals surface area contributed by atoms with Gasteiger partial charge in [0.05, 0.1) is 0 Å². The summed E-state index contributed by atoms with van der Waals surface area (Å²) in [7, 11) is 1.64. The number of aromatic nitrogens is 1. The molecule has 0 saturated carbocycles. The maximum atomic E-state index is 12.6. The molecule has 1 fully saturated rings. The molecule has 1 aliphatic heterocycles. The Kier molecular flexibility index (Phi) is 6.69. The Balaban J connectivity index is 1.41. The highest BCUT2D eigenvalue weighted by Gasteiger charge is 2.25. The van der Waals surface area contributed by atoms with Crippen LogP contribution in [0, 0.1) is 12.8 Å². The molecule has 1 aromatic carbocycles. The van der Waals surface area contributed by atoms with Gasteiger partial charge in [-0.05, 0) is 55.5 Å². The second-order valence-corrected chi connectivity index (χ2v) is 7.48. The Bertz CT molecular complexity index is 930. The summed E-state index contributed by atoms with van der Waals surface area (Å²) >= 11 is 0. The van der Waals surface area contributed by atoms with E-state index in [9.17, 15) is 14.4 Å². The minimum Gasteiger partial charge on any atom is -0.484 e. The van der Waals surface area contributed by atoms with Gasteiger partial charge in [-0.3, -0.25) is 14.4 Å². The quantitative estimate of drug-likeness (QED) is 0.805. The maximum Gasteiger partial charge on any atom is 0.263 e. The molecule has 0 bridgehead atoms. The number of hydrogen-bond acceptors (Lipinski definition) is 4. The lowest BCUT2D eigenvalue weighted by Crippen LogP contribution is -2.43. The van der Waals surface area contributed by atoms with Gasteiger partial charge in [0.2, 0.25) is 0 Å². The Morgan fingerprint density at radius 2 is 1.93 bits per heavy atom. The molecule has 3 rings (SSSR count). The molecule has 0 radical (unpaired) electrons. The van der Waals surface area contributed by atoms with Crippen LogP contribution in [0.4, 0.5) is 0 Å². The van der Waals surface area contributed by atoms with Crippen LogP contribution >= 0.6 is 0 Å². The van der Waals surface area contributed by atoms with E-state index in [-0.39, 0.29) is 29.5 Å². The van der Waals surface area contributed by atoms with Crippen molar-refractivity contribution >= 4 is 11.8 Å². The number of benzene rings is 1. The van der Waals surface area contributed by atoms with Gasteiger partial charge in [0.25, 0.3) is 17.4 Å². The van der Waals surface area contributed by atoms with Crippen molar-refractivity contribution in [1.29, 1.82) is 0 Å². The third kappa shape index (κ3) is 5.47. The van der Waals surface area contributed by atoms with Gasteiger partial charge < -0.3 is 19.5 Å². The largest absolute Gasteiger partial charge is 0.484 e. The number of aryl methyl sites for hydroxylation is 2. The van der Waals surface area contributed by atoms with Crippen molar-refractivity contribution in [2.75, 3.05) is 26.2 Å². The molecule has 0 unspecified atom stereocenters. The first-order valence-electron chi connectivity index (χ1n) is 9.85. The molecular weight excluding hydrogens is 370 g/mol. The Hall–Kier alpha value is -3.09. The monoisotopic (exact) mass is 397 g/mol. The van der Waals surface area contributed by atoms with Crippen molar-refractivity contribution in [3.05, 3.63) is 64.1 Å². The molecule has 0 aliphatic carbocycles. The third-order valence-electron chi connectivity index (χ3n) is 5.20. The number of hydrogen-bond donors (Lipinski definition) is 1. The fourth-order valence-corrected chi connectivity index (χ4v) is 3.43. The normalized spacial score (nSPS) is 14.5. The van der Waals surface area contributed by atoms with Gasteiger partial charge in [-0.25, -0.2) is 0 Å². The van der Waals surface area contributed by atoms with E-state index in [1.807, 2.05) is 31.2 Å². The first kappa shape index (κ1) is 20.6. The summed E-state index contributed by atoms with van der Waals surface area (Å²) in [5.74, 6) is 0.609. The summed E-state index contributed by atoms with van der Waals surface area (Å²) in [6.07, 6.45) is 3.21. The van der Waals surface area contributed by atoms with Crippen molar-refractivity contribution in [1.82, 2.24) is 14.8 Å². The van der Waals surface area contributed by atoms with Crippen LogP contribution in [-0.4, -0.2) is 47.5 Å². The van der Waals surface area contributed by atoms with Gasteiger partial charge in [0.1, 0.15) is 11.3 Å². The van der Waals surface area contributed by atoms with E-state index in [1.54, 1.807) is 30.3 Å². The lowest BCUT2D eigenvalue weighted by atomic mass is 9.96. The summed E-state index contributed by atoms with van der Waals surface area (Å²) in [6, 6.07) is 10.9. The summed E-state index contributed by atoms with van der Waals surface area (Å²) in [4.78, 5) is 38.5. The van der Waals surface area contributed by atoms with Gasteiger partial charge in [-0.2, -0.15) is 0 Å². The minimum atomic E-state index is -0.277. The van der Waals surface area contributed by atoms with E-state index in [1.165, 1.54) is 4.57 Å². The molecule has 29 heavy (non-hydrogen) atoms.